The first-order valence-corrected chi connectivity index (χ1v) is 15.8. The van der Waals surface area contributed by atoms with Crippen molar-refractivity contribution < 1.29 is 0 Å². The normalized spacial score (nSPS) is 22.1. The van der Waals surface area contributed by atoms with Crippen molar-refractivity contribution in [1.29, 1.82) is 0 Å². The number of nitrogens with zero attached hydrogens (tertiary/aromatic N) is 1. The quantitative estimate of drug-likeness (QED) is 0.279. The van der Waals surface area contributed by atoms with Crippen LogP contribution >= 0.6 is 0 Å². The van der Waals surface area contributed by atoms with Gasteiger partial charge in [-0.25, -0.2) is 0 Å². The number of benzene rings is 3. The third-order valence-corrected chi connectivity index (χ3v) is 9.37. The Bertz CT molecular complexity index is 1830. The minimum absolute atomic E-state index is 0.288. The zero-order valence-electron chi connectivity index (χ0n) is 26.3. The van der Waals surface area contributed by atoms with Gasteiger partial charge in [0.2, 0.25) is 0 Å². The van der Waals surface area contributed by atoms with Crippen LogP contribution < -0.4 is 5.32 Å². The minimum atomic E-state index is 0.288. The fraction of sp³-hybridized carbons (Fsp3) is 0.214. The van der Waals surface area contributed by atoms with E-state index in [0.717, 1.165) is 13.0 Å². The summed E-state index contributed by atoms with van der Waals surface area (Å²) in [6.07, 6.45) is 22.5. The Hall–Kier alpha value is -4.69. The van der Waals surface area contributed by atoms with Crippen molar-refractivity contribution in [1.82, 2.24) is 5.32 Å². The molecule has 3 aromatic carbocycles. The van der Waals surface area contributed by atoms with Crippen LogP contribution in [-0.2, 0) is 0 Å². The molecule has 1 aliphatic carbocycles. The number of fused-ring (bicyclic) bond motifs is 1. The lowest BCUT2D eigenvalue weighted by molar-refractivity contribution is 0.583. The second-order valence-electron chi connectivity index (χ2n) is 12.0. The number of hydrogen-bond acceptors (Lipinski definition) is 2. The Morgan fingerprint density at radius 2 is 1.68 bits per heavy atom. The van der Waals surface area contributed by atoms with E-state index >= 15 is 0 Å². The molecule has 0 saturated carbocycles. The fourth-order valence-electron chi connectivity index (χ4n) is 7.27. The molecule has 0 radical (unpaired) electrons. The van der Waals surface area contributed by atoms with Gasteiger partial charge in [0.1, 0.15) is 0 Å². The zero-order chi connectivity index (χ0) is 30.6. The lowest BCUT2D eigenvalue weighted by Gasteiger charge is -2.36. The van der Waals surface area contributed by atoms with Crippen LogP contribution in [0.5, 0.6) is 0 Å². The lowest BCUT2D eigenvalue weighted by Crippen LogP contribution is -2.20. The maximum absolute atomic E-state index is 4.33. The second kappa shape index (κ2) is 12.9. The van der Waals surface area contributed by atoms with Crippen molar-refractivity contribution in [2.24, 2.45) is 16.8 Å². The summed E-state index contributed by atoms with van der Waals surface area (Å²) in [5.74, 6) is 0.914. The molecule has 2 aliphatic heterocycles. The molecule has 2 nitrogen and oxygen atoms in total. The number of aliphatic imine (C=N–C) groups is 1. The van der Waals surface area contributed by atoms with E-state index in [1.807, 2.05) is 18.5 Å². The summed E-state index contributed by atoms with van der Waals surface area (Å²) in [6, 6.07) is 22.7. The van der Waals surface area contributed by atoms with E-state index in [-0.39, 0.29) is 5.92 Å². The van der Waals surface area contributed by atoms with Gasteiger partial charge in [-0.1, -0.05) is 128 Å². The van der Waals surface area contributed by atoms with Crippen LogP contribution in [0.2, 0.25) is 0 Å². The molecule has 0 saturated heterocycles. The number of rotatable bonds is 7. The highest BCUT2D eigenvalue weighted by molar-refractivity contribution is 6.06. The Labute approximate surface area is 263 Å². The number of nitrogens with one attached hydrogen (secondary N) is 1. The highest BCUT2D eigenvalue weighted by Crippen LogP contribution is 2.50. The van der Waals surface area contributed by atoms with Crippen LogP contribution in [-0.4, -0.2) is 12.8 Å². The number of allylic oxidation sites excluding steroid dienone is 12. The number of hydrogen-bond donors (Lipinski definition) is 1. The maximum Gasteiger partial charge on any atom is 0.0331 e. The van der Waals surface area contributed by atoms with E-state index in [2.05, 4.69) is 148 Å². The molecule has 0 fully saturated rings. The van der Waals surface area contributed by atoms with E-state index in [1.54, 1.807) is 0 Å². The summed E-state index contributed by atoms with van der Waals surface area (Å²) >= 11 is 0. The summed E-state index contributed by atoms with van der Waals surface area (Å²) in [5, 5.41) is 6.03. The summed E-state index contributed by atoms with van der Waals surface area (Å²) < 4.78 is 0. The van der Waals surface area contributed by atoms with Gasteiger partial charge in [-0.05, 0) is 82.9 Å². The summed E-state index contributed by atoms with van der Waals surface area (Å²) in [5.41, 5.74) is 13.2. The highest BCUT2D eigenvalue weighted by atomic mass is 14.8. The molecule has 0 aromatic heterocycles. The van der Waals surface area contributed by atoms with Gasteiger partial charge in [0.15, 0.2) is 0 Å². The maximum atomic E-state index is 4.33. The van der Waals surface area contributed by atoms with Crippen molar-refractivity contribution in [3.05, 3.63) is 167 Å². The first kappa shape index (κ1) is 29.4. The Morgan fingerprint density at radius 3 is 2.39 bits per heavy atom. The third-order valence-electron chi connectivity index (χ3n) is 9.37. The van der Waals surface area contributed by atoms with Gasteiger partial charge in [-0.15, -0.1) is 0 Å². The average Bonchev–Trinajstić information content (AvgIpc) is 3.06. The van der Waals surface area contributed by atoms with Gasteiger partial charge < -0.3 is 5.32 Å². The van der Waals surface area contributed by atoms with Crippen LogP contribution in [0.4, 0.5) is 0 Å². The van der Waals surface area contributed by atoms with Crippen LogP contribution in [0.25, 0.3) is 21.9 Å². The van der Waals surface area contributed by atoms with Gasteiger partial charge in [-0.3, -0.25) is 4.99 Å². The molecule has 2 heterocycles. The summed E-state index contributed by atoms with van der Waals surface area (Å²) in [6.45, 7) is 13.9. The summed E-state index contributed by atoms with van der Waals surface area (Å²) in [7, 11) is 0. The lowest BCUT2D eigenvalue weighted by atomic mass is 9.68. The van der Waals surface area contributed by atoms with E-state index < -0.39 is 0 Å². The molecular formula is C42H42N2. The molecule has 3 aromatic rings. The predicted molar refractivity (Wildman–Crippen MR) is 191 cm³/mol. The number of aryl methyl sites for hydroxylation is 1. The van der Waals surface area contributed by atoms with E-state index in [4.69, 9.17) is 0 Å². The van der Waals surface area contributed by atoms with Gasteiger partial charge >= 0.3 is 0 Å². The molecule has 0 spiro atoms. The molecule has 3 unspecified atom stereocenters. The molecule has 2 heteroatoms. The largest absolute Gasteiger partial charge is 0.387 e. The zero-order valence-corrected chi connectivity index (χ0v) is 26.3. The van der Waals surface area contributed by atoms with Gasteiger partial charge in [0.25, 0.3) is 0 Å². The Morgan fingerprint density at radius 1 is 0.932 bits per heavy atom. The Kier molecular flexibility index (Phi) is 8.61. The smallest absolute Gasteiger partial charge is 0.0331 e. The molecular weight excluding hydrogens is 532 g/mol. The first-order valence-electron chi connectivity index (χ1n) is 15.8. The average molecular weight is 575 g/mol. The van der Waals surface area contributed by atoms with Crippen molar-refractivity contribution >= 4 is 28.1 Å². The molecule has 44 heavy (non-hydrogen) atoms. The van der Waals surface area contributed by atoms with Gasteiger partial charge in [0, 0.05) is 42.6 Å². The molecule has 220 valence electrons. The van der Waals surface area contributed by atoms with E-state index in [0.29, 0.717) is 11.8 Å². The highest BCUT2D eigenvalue weighted by Gasteiger charge is 2.33. The molecule has 6 rings (SSSR count). The predicted octanol–water partition coefficient (Wildman–Crippen LogP) is 10.4. The minimum Gasteiger partial charge on any atom is -0.387 e. The van der Waals surface area contributed by atoms with Crippen molar-refractivity contribution in [3.8, 4) is 0 Å². The van der Waals surface area contributed by atoms with Gasteiger partial charge in [0.05, 0.1) is 0 Å². The Balaban J connectivity index is 1.56. The topological polar surface area (TPSA) is 24.4 Å². The molecule has 1 N–H and O–H groups in total. The second-order valence-corrected chi connectivity index (χ2v) is 12.0. The monoisotopic (exact) mass is 574 g/mol. The van der Waals surface area contributed by atoms with Crippen molar-refractivity contribution in [2.75, 3.05) is 6.54 Å². The summed E-state index contributed by atoms with van der Waals surface area (Å²) in [4.78, 5) is 4.33. The van der Waals surface area contributed by atoms with E-state index in [9.17, 15) is 0 Å². The molecule has 3 aliphatic rings. The SMILES string of the molecule is C=C/C=C\C1=C(c2cccc3c(C4=CNCC=C4C4C=CN=CC4)cccc23)C(/C=C\C)=C(C)C(c2ccc(C)cc2)C1C. The third kappa shape index (κ3) is 5.42. The molecule has 0 amide bonds. The number of dihydropyridines is 1. The standard InChI is InChI=1S/C42H42N2/c1-6-8-12-34-30(5)41(32-19-17-28(3)18-20-32)29(4)33(11-7-2)42(34)39-16-10-13-36-37(39)14-9-15-38(36)40-27-44-26-23-35(40)31-21-24-43-25-22-31/h6-21,23-25,27,30-31,41,44H,1,22,26H2,2-5H3/b11-7-,12-8-. The first-order chi connectivity index (χ1) is 21.5. The van der Waals surface area contributed by atoms with Crippen LogP contribution in [0.15, 0.2) is 149 Å². The van der Waals surface area contributed by atoms with Crippen LogP contribution in [0.1, 0.15) is 55.4 Å². The molecule has 3 atom stereocenters. The van der Waals surface area contributed by atoms with Crippen molar-refractivity contribution in [2.45, 2.75) is 40.0 Å². The van der Waals surface area contributed by atoms with E-state index in [1.165, 1.54) is 66.5 Å². The fourth-order valence-corrected chi connectivity index (χ4v) is 7.27. The molecule has 0 bridgehead atoms. The van der Waals surface area contributed by atoms with Crippen LogP contribution in [0, 0.1) is 18.8 Å². The van der Waals surface area contributed by atoms with Crippen molar-refractivity contribution in [3.63, 3.8) is 0 Å². The van der Waals surface area contributed by atoms with Gasteiger partial charge in [-0.2, -0.15) is 0 Å². The van der Waals surface area contributed by atoms with Crippen LogP contribution in [0.3, 0.4) is 0 Å².